The van der Waals surface area contributed by atoms with E-state index in [1.165, 1.54) is 28.6 Å². The highest BCUT2D eigenvalue weighted by Crippen LogP contribution is 2.24. The van der Waals surface area contributed by atoms with Gasteiger partial charge in [0.2, 0.25) is 10.0 Å². The van der Waals surface area contributed by atoms with E-state index >= 15 is 0 Å². The molecule has 0 saturated carbocycles. The van der Waals surface area contributed by atoms with Crippen LogP contribution >= 0.6 is 0 Å². The topological polar surface area (TPSA) is 107 Å². The Labute approximate surface area is 117 Å². The molecule has 2 rings (SSSR count). The van der Waals surface area contributed by atoms with E-state index in [0.717, 1.165) is 0 Å². The van der Waals surface area contributed by atoms with Crippen molar-refractivity contribution < 1.29 is 13.3 Å². The van der Waals surface area contributed by atoms with Gasteiger partial charge in [0.05, 0.1) is 9.82 Å². The van der Waals surface area contributed by atoms with E-state index in [0.29, 0.717) is 19.5 Å². The lowest BCUT2D eigenvalue weighted by Crippen LogP contribution is -2.48. The molecule has 20 heavy (non-hydrogen) atoms. The van der Waals surface area contributed by atoms with Crippen molar-refractivity contribution in [2.75, 3.05) is 13.1 Å². The molecular formula is C12H17N3O4S. The van der Waals surface area contributed by atoms with Crippen molar-refractivity contribution in [2.45, 2.75) is 24.3 Å². The summed E-state index contributed by atoms with van der Waals surface area (Å²) in [7, 11) is -3.61. The monoisotopic (exact) mass is 299 g/mol. The largest absolute Gasteiger partial charge is 0.327 e. The van der Waals surface area contributed by atoms with Gasteiger partial charge in [-0.25, -0.2) is 8.42 Å². The van der Waals surface area contributed by atoms with E-state index in [4.69, 9.17) is 5.73 Å². The lowest BCUT2D eigenvalue weighted by atomic mass is 9.96. The number of nitrogens with zero attached hydrogens (tertiary/aromatic N) is 2. The zero-order valence-electron chi connectivity index (χ0n) is 11.1. The lowest BCUT2D eigenvalue weighted by molar-refractivity contribution is -0.384. The molecule has 0 unspecified atom stereocenters. The number of nitrogens with two attached hydrogens (primary N) is 1. The van der Waals surface area contributed by atoms with Gasteiger partial charge in [0.25, 0.3) is 5.69 Å². The maximum Gasteiger partial charge on any atom is 0.269 e. The second-order valence-corrected chi connectivity index (χ2v) is 6.98. The summed E-state index contributed by atoms with van der Waals surface area (Å²) in [5, 5.41) is 10.6. The number of sulfonamides is 1. The molecule has 110 valence electrons. The van der Waals surface area contributed by atoms with Crippen molar-refractivity contribution in [1.29, 1.82) is 0 Å². The van der Waals surface area contributed by atoms with Gasteiger partial charge < -0.3 is 5.73 Å². The SMILES string of the molecule is C[C@@H]1CN(S(=O)(=O)c2ccc([N+](=O)[O-])cc2)CC[C@H]1N. The van der Waals surface area contributed by atoms with Gasteiger partial charge >= 0.3 is 0 Å². The second-order valence-electron chi connectivity index (χ2n) is 5.04. The average molecular weight is 299 g/mol. The van der Waals surface area contributed by atoms with Gasteiger partial charge in [-0.05, 0) is 24.5 Å². The van der Waals surface area contributed by atoms with E-state index < -0.39 is 14.9 Å². The Balaban J connectivity index is 2.24. The smallest absolute Gasteiger partial charge is 0.269 e. The molecular weight excluding hydrogens is 282 g/mol. The van der Waals surface area contributed by atoms with Crippen molar-refractivity contribution in [3.8, 4) is 0 Å². The summed E-state index contributed by atoms with van der Waals surface area (Å²) in [4.78, 5) is 10.1. The molecule has 0 radical (unpaired) electrons. The molecule has 1 saturated heterocycles. The molecule has 1 aliphatic heterocycles. The first-order chi connectivity index (χ1) is 9.32. The van der Waals surface area contributed by atoms with Crippen LogP contribution in [0.15, 0.2) is 29.2 Å². The molecule has 0 bridgehead atoms. The number of hydrogen-bond donors (Lipinski definition) is 1. The Morgan fingerprint density at radius 2 is 1.95 bits per heavy atom. The number of nitro groups is 1. The Kier molecular flexibility index (Phi) is 4.07. The standard InChI is InChI=1S/C12H17N3O4S/c1-9-8-14(7-6-12(9)13)20(18,19)11-4-2-10(3-5-11)15(16)17/h2-5,9,12H,6-8,13H2,1H3/t9-,12-/m1/s1. The predicted molar refractivity (Wildman–Crippen MR) is 73.6 cm³/mol. The molecule has 1 heterocycles. The summed E-state index contributed by atoms with van der Waals surface area (Å²) in [6.07, 6.45) is 0.618. The normalized spacial score (nSPS) is 24.5. The molecule has 0 spiro atoms. The van der Waals surface area contributed by atoms with Crippen LogP contribution in [0.5, 0.6) is 0 Å². The van der Waals surface area contributed by atoms with E-state index in [9.17, 15) is 18.5 Å². The fourth-order valence-electron chi connectivity index (χ4n) is 2.23. The van der Waals surface area contributed by atoms with E-state index in [1.807, 2.05) is 6.92 Å². The van der Waals surface area contributed by atoms with Crippen LogP contribution in [0.3, 0.4) is 0 Å². The summed E-state index contributed by atoms with van der Waals surface area (Å²) in [6, 6.07) is 4.95. The zero-order chi connectivity index (χ0) is 14.9. The van der Waals surface area contributed by atoms with Crippen LogP contribution in [0.4, 0.5) is 5.69 Å². The van der Waals surface area contributed by atoms with Crippen LogP contribution in [0.25, 0.3) is 0 Å². The molecule has 1 fully saturated rings. The lowest BCUT2D eigenvalue weighted by Gasteiger charge is -2.34. The molecule has 8 heteroatoms. The molecule has 0 aromatic heterocycles. The maximum absolute atomic E-state index is 12.4. The van der Waals surface area contributed by atoms with Crippen LogP contribution in [0.2, 0.25) is 0 Å². The fourth-order valence-corrected chi connectivity index (χ4v) is 3.79. The molecule has 1 aliphatic rings. The quantitative estimate of drug-likeness (QED) is 0.660. The first-order valence-corrected chi connectivity index (χ1v) is 7.76. The van der Waals surface area contributed by atoms with Gasteiger partial charge in [0, 0.05) is 31.3 Å². The summed E-state index contributed by atoms with van der Waals surface area (Å²) in [5.41, 5.74) is 5.75. The van der Waals surface area contributed by atoms with Gasteiger partial charge in [-0.2, -0.15) is 4.31 Å². The van der Waals surface area contributed by atoms with E-state index in [2.05, 4.69) is 0 Å². The van der Waals surface area contributed by atoms with Gasteiger partial charge in [0.15, 0.2) is 0 Å². The van der Waals surface area contributed by atoms with Gasteiger partial charge in [-0.1, -0.05) is 6.92 Å². The maximum atomic E-state index is 12.4. The summed E-state index contributed by atoms with van der Waals surface area (Å²) < 4.78 is 26.3. The van der Waals surface area contributed by atoms with Crippen molar-refractivity contribution in [1.82, 2.24) is 4.31 Å². The van der Waals surface area contributed by atoms with Crippen LogP contribution in [0, 0.1) is 16.0 Å². The first-order valence-electron chi connectivity index (χ1n) is 6.32. The first kappa shape index (κ1) is 14.9. The fraction of sp³-hybridized carbons (Fsp3) is 0.500. The summed E-state index contributed by atoms with van der Waals surface area (Å²) >= 11 is 0. The molecule has 0 aliphatic carbocycles. The van der Waals surface area contributed by atoms with Crippen LogP contribution in [0.1, 0.15) is 13.3 Å². The second kappa shape index (κ2) is 5.47. The minimum Gasteiger partial charge on any atom is -0.327 e. The van der Waals surface area contributed by atoms with E-state index in [-0.39, 0.29) is 22.5 Å². The Morgan fingerprint density at radius 3 is 2.45 bits per heavy atom. The Hall–Kier alpha value is -1.51. The minimum atomic E-state index is -3.61. The predicted octanol–water partition coefficient (Wildman–Crippen LogP) is 0.953. The molecule has 1 aromatic carbocycles. The van der Waals surface area contributed by atoms with Crippen LogP contribution < -0.4 is 5.73 Å². The van der Waals surface area contributed by atoms with Gasteiger partial charge in [-0.15, -0.1) is 0 Å². The number of benzene rings is 1. The number of nitro benzene ring substituents is 1. The van der Waals surface area contributed by atoms with Crippen molar-refractivity contribution in [3.05, 3.63) is 34.4 Å². The molecule has 0 amide bonds. The Morgan fingerprint density at radius 1 is 1.35 bits per heavy atom. The number of non-ortho nitro benzene ring substituents is 1. The minimum absolute atomic E-state index is 0.0123. The average Bonchev–Trinajstić information content (AvgIpc) is 2.41. The summed E-state index contributed by atoms with van der Waals surface area (Å²) in [5.74, 6) is 0.0940. The third-order valence-corrected chi connectivity index (χ3v) is 5.50. The molecule has 2 N–H and O–H groups in total. The molecule has 7 nitrogen and oxygen atoms in total. The van der Waals surface area contributed by atoms with Crippen molar-refractivity contribution >= 4 is 15.7 Å². The van der Waals surface area contributed by atoms with Crippen LogP contribution in [-0.4, -0.2) is 36.8 Å². The van der Waals surface area contributed by atoms with Gasteiger partial charge in [-0.3, -0.25) is 10.1 Å². The van der Waals surface area contributed by atoms with Crippen LogP contribution in [-0.2, 0) is 10.0 Å². The Bertz CT molecular complexity index is 600. The zero-order valence-corrected chi connectivity index (χ0v) is 11.9. The van der Waals surface area contributed by atoms with Gasteiger partial charge in [0.1, 0.15) is 0 Å². The van der Waals surface area contributed by atoms with Crippen molar-refractivity contribution in [2.24, 2.45) is 11.7 Å². The van der Waals surface area contributed by atoms with Crippen molar-refractivity contribution in [3.63, 3.8) is 0 Å². The number of hydrogen-bond acceptors (Lipinski definition) is 5. The highest BCUT2D eigenvalue weighted by Gasteiger charge is 2.32. The number of rotatable bonds is 3. The third kappa shape index (κ3) is 2.82. The highest BCUT2D eigenvalue weighted by molar-refractivity contribution is 7.89. The summed E-state index contributed by atoms with van der Waals surface area (Å²) in [6.45, 7) is 2.67. The van der Waals surface area contributed by atoms with E-state index in [1.54, 1.807) is 0 Å². The highest BCUT2D eigenvalue weighted by atomic mass is 32.2. The molecule has 2 atom stereocenters. The third-order valence-electron chi connectivity index (χ3n) is 3.62. The molecule has 1 aromatic rings. The number of piperidine rings is 1.